The molecule has 1 rings (SSSR count). The van der Waals surface area contributed by atoms with Gasteiger partial charge in [-0.2, -0.15) is 0 Å². The summed E-state index contributed by atoms with van der Waals surface area (Å²) >= 11 is 0. The Kier molecular flexibility index (Phi) is 4.53. The summed E-state index contributed by atoms with van der Waals surface area (Å²) in [6.45, 7) is 0.730. The first-order valence-electron chi connectivity index (χ1n) is 4.17. The fourth-order valence-corrected chi connectivity index (χ4v) is 0.773. The van der Waals surface area contributed by atoms with Gasteiger partial charge in [0.25, 0.3) is 5.91 Å². The molecule has 76 valence electrons. The highest BCUT2D eigenvalue weighted by atomic mass is 16.5. The average molecular weight is 196 g/mol. The number of nitrogens with zero attached hydrogens (tertiary/aromatic N) is 2. The molecule has 1 aromatic rings. The number of rotatable bonds is 5. The monoisotopic (exact) mass is 196 g/mol. The van der Waals surface area contributed by atoms with E-state index in [0.717, 1.165) is 0 Å². The lowest BCUT2D eigenvalue weighted by atomic mass is 10.6. The summed E-state index contributed by atoms with van der Waals surface area (Å²) in [5.41, 5.74) is 5.19. The normalized spacial score (nSPS) is 9.79. The largest absolute Gasteiger partial charge is 0.370 e. The Balaban J connectivity index is 2.27. The van der Waals surface area contributed by atoms with E-state index < -0.39 is 0 Å². The van der Waals surface area contributed by atoms with E-state index in [1.165, 1.54) is 0 Å². The van der Waals surface area contributed by atoms with E-state index >= 15 is 0 Å². The van der Waals surface area contributed by atoms with Crippen molar-refractivity contribution in [2.75, 3.05) is 25.1 Å². The van der Waals surface area contributed by atoms with E-state index in [-0.39, 0.29) is 18.5 Å². The van der Waals surface area contributed by atoms with Gasteiger partial charge in [0.2, 0.25) is 5.95 Å². The zero-order valence-corrected chi connectivity index (χ0v) is 7.64. The highest BCUT2D eigenvalue weighted by Gasteiger charge is 2.02. The molecule has 0 spiro atoms. The third-order valence-corrected chi connectivity index (χ3v) is 1.31. The van der Waals surface area contributed by atoms with E-state index in [2.05, 4.69) is 15.3 Å². The molecule has 0 saturated carbocycles. The van der Waals surface area contributed by atoms with Gasteiger partial charge in [0.05, 0.1) is 6.61 Å². The van der Waals surface area contributed by atoms with Crippen molar-refractivity contribution in [1.82, 2.24) is 9.97 Å². The first kappa shape index (κ1) is 10.6. The van der Waals surface area contributed by atoms with Crippen molar-refractivity contribution < 1.29 is 9.53 Å². The van der Waals surface area contributed by atoms with E-state index in [4.69, 9.17) is 10.5 Å². The molecule has 0 fully saturated rings. The van der Waals surface area contributed by atoms with E-state index in [1.54, 1.807) is 18.5 Å². The maximum Gasteiger partial charge on any atom is 0.252 e. The molecule has 14 heavy (non-hydrogen) atoms. The number of carbonyl (C=O) groups excluding carboxylic acids is 1. The lowest BCUT2D eigenvalue weighted by Gasteiger charge is -2.02. The highest BCUT2D eigenvalue weighted by molar-refractivity contribution is 5.89. The molecule has 0 unspecified atom stereocenters. The molecule has 1 heterocycles. The Morgan fingerprint density at radius 1 is 1.50 bits per heavy atom. The summed E-state index contributed by atoms with van der Waals surface area (Å²) in [4.78, 5) is 18.8. The van der Waals surface area contributed by atoms with Crippen LogP contribution in [-0.2, 0) is 9.53 Å². The van der Waals surface area contributed by atoms with E-state index in [9.17, 15) is 4.79 Å². The minimum absolute atomic E-state index is 0.0323. The summed E-state index contributed by atoms with van der Waals surface area (Å²) in [5.74, 6) is -0.0153. The highest BCUT2D eigenvalue weighted by Crippen LogP contribution is 1.93. The fourth-order valence-electron chi connectivity index (χ4n) is 0.773. The maximum atomic E-state index is 11.1. The molecule has 0 aliphatic carbocycles. The Hall–Kier alpha value is -1.53. The van der Waals surface area contributed by atoms with Crippen LogP contribution in [0.2, 0.25) is 0 Å². The number of nitrogens with one attached hydrogen (secondary N) is 1. The SMILES string of the molecule is NCCOCC(=O)Nc1ncccn1. The maximum absolute atomic E-state index is 11.1. The van der Waals surface area contributed by atoms with Gasteiger partial charge in [0, 0.05) is 18.9 Å². The first-order chi connectivity index (χ1) is 6.83. The molecule has 0 atom stereocenters. The first-order valence-corrected chi connectivity index (χ1v) is 4.17. The lowest BCUT2D eigenvalue weighted by molar-refractivity contribution is -0.120. The van der Waals surface area contributed by atoms with Crippen LogP contribution in [0.15, 0.2) is 18.5 Å². The number of hydrogen-bond donors (Lipinski definition) is 2. The van der Waals surface area contributed by atoms with E-state index in [1.807, 2.05) is 0 Å². The van der Waals surface area contributed by atoms with Gasteiger partial charge < -0.3 is 10.5 Å². The smallest absolute Gasteiger partial charge is 0.252 e. The van der Waals surface area contributed by atoms with Gasteiger partial charge in [0.1, 0.15) is 6.61 Å². The second-order valence-electron chi connectivity index (χ2n) is 2.46. The minimum Gasteiger partial charge on any atom is -0.370 e. The van der Waals surface area contributed by atoms with Gasteiger partial charge in [0.15, 0.2) is 0 Å². The molecule has 0 aliphatic heterocycles. The van der Waals surface area contributed by atoms with Gasteiger partial charge in [-0.1, -0.05) is 0 Å². The van der Waals surface area contributed by atoms with Crippen LogP contribution in [0, 0.1) is 0 Å². The predicted molar refractivity (Wildman–Crippen MR) is 50.5 cm³/mol. The van der Waals surface area contributed by atoms with Crippen molar-refractivity contribution in [1.29, 1.82) is 0 Å². The zero-order chi connectivity index (χ0) is 10.2. The van der Waals surface area contributed by atoms with Crippen LogP contribution in [0.5, 0.6) is 0 Å². The van der Waals surface area contributed by atoms with Crippen molar-refractivity contribution in [3.63, 3.8) is 0 Å². The quantitative estimate of drug-likeness (QED) is 0.613. The standard InChI is InChI=1S/C8H12N4O2/c9-2-5-14-6-7(13)12-8-10-3-1-4-11-8/h1,3-4H,2,5-6,9H2,(H,10,11,12,13). The third kappa shape index (κ3) is 3.92. The molecule has 6 heteroatoms. The molecular weight excluding hydrogens is 184 g/mol. The van der Waals surface area contributed by atoms with Crippen molar-refractivity contribution >= 4 is 11.9 Å². The van der Waals surface area contributed by atoms with Crippen LogP contribution in [0.4, 0.5) is 5.95 Å². The van der Waals surface area contributed by atoms with Crippen molar-refractivity contribution in [2.45, 2.75) is 0 Å². The van der Waals surface area contributed by atoms with Crippen LogP contribution >= 0.6 is 0 Å². The minimum atomic E-state index is -0.287. The topological polar surface area (TPSA) is 90.1 Å². The second kappa shape index (κ2) is 6.01. The van der Waals surface area contributed by atoms with Crippen LogP contribution in [0.3, 0.4) is 0 Å². The number of amides is 1. The van der Waals surface area contributed by atoms with Crippen LogP contribution in [-0.4, -0.2) is 35.6 Å². The second-order valence-corrected chi connectivity index (χ2v) is 2.46. The Morgan fingerprint density at radius 2 is 2.21 bits per heavy atom. The summed E-state index contributed by atoms with van der Waals surface area (Å²) in [7, 11) is 0. The number of carbonyl (C=O) groups is 1. The van der Waals surface area contributed by atoms with Crippen molar-refractivity contribution in [3.8, 4) is 0 Å². The van der Waals surface area contributed by atoms with Gasteiger partial charge >= 0.3 is 0 Å². The van der Waals surface area contributed by atoms with Crippen LogP contribution in [0.1, 0.15) is 0 Å². The molecular formula is C8H12N4O2. The predicted octanol–water partition coefficient (Wildman–Crippen LogP) is -0.610. The van der Waals surface area contributed by atoms with Gasteiger partial charge in [-0.15, -0.1) is 0 Å². The molecule has 6 nitrogen and oxygen atoms in total. The fraction of sp³-hybridized carbons (Fsp3) is 0.375. The summed E-state index contributed by atoms with van der Waals surface area (Å²) in [5, 5.41) is 2.47. The molecule has 1 amide bonds. The lowest BCUT2D eigenvalue weighted by Crippen LogP contribution is -2.21. The van der Waals surface area contributed by atoms with Crippen LogP contribution < -0.4 is 11.1 Å². The Bertz CT molecular complexity index is 278. The molecule has 0 radical (unpaired) electrons. The molecule has 0 saturated heterocycles. The third-order valence-electron chi connectivity index (χ3n) is 1.31. The summed E-state index contributed by atoms with van der Waals surface area (Å²) in [6, 6.07) is 1.67. The zero-order valence-electron chi connectivity index (χ0n) is 7.64. The number of aromatic nitrogens is 2. The number of ether oxygens (including phenoxy) is 1. The van der Waals surface area contributed by atoms with Gasteiger partial charge in [-0.3, -0.25) is 10.1 Å². The molecule has 0 bridgehead atoms. The summed E-state index contributed by atoms with van der Waals surface area (Å²) in [6.07, 6.45) is 3.09. The number of anilines is 1. The molecule has 1 aromatic heterocycles. The van der Waals surface area contributed by atoms with E-state index in [0.29, 0.717) is 13.2 Å². The average Bonchev–Trinajstić information content (AvgIpc) is 2.20. The van der Waals surface area contributed by atoms with Crippen molar-refractivity contribution in [2.24, 2.45) is 5.73 Å². The molecule has 3 N–H and O–H groups in total. The Labute approximate surface area is 81.5 Å². The summed E-state index contributed by atoms with van der Waals surface area (Å²) < 4.78 is 4.92. The molecule has 0 aromatic carbocycles. The number of nitrogens with two attached hydrogens (primary N) is 1. The van der Waals surface area contributed by atoms with Gasteiger partial charge in [-0.05, 0) is 6.07 Å². The van der Waals surface area contributed by atoms with Gasteiger partial charge in [-0.25, -0.2) is 9.97 Å². The van der Waals surface area contributed by atoms with Crippen molar-refractivity contribution in [3.05, 3.63) is 18.5 Å². The molecule has 0 aliphatic rings. The number of hydrogen-bond acceptors (Lipinski definition) is 5. The van der Waals surface area contributed by atoms with Crippen LogP contribution in [0.25, 0.3) is 0 Å². The Morgan fingerprint density at radius 3 is 2.86 bits per heavy atom.